The van der Waals surface area contributed by atoms with Crippen LogP contribution in [0.5, 0.6) is 0 Å². The van der Waals surface area contributed by atoms with E-state index in [1.165, 1.54) is 0 Å². The van der Waals surface area contributed by atoms with Crippen LogP contribution >= 0.6 is 0 Å². The maximum absolute atomic E-state index is 12.1. The van der Waals surface area contributed by atoms with Crippen molar-refractivity contribution in [3.05, 3.63) is 29.8 Å². The van der Waals surface area contributed by atoms with Crippen molar-refractivity contribution in [1.29, 1.82) is 0 Å². The molecule has 2 atom stereocenters. The lowest BCUT2D eigenvalue weighted by molar-refractivity contribution is -0.123. The standard InChI is InChI=1S/C18H28N4O2/c1-12(13(2)19)18(24)21-16-5-3-4-14(10-16)11-22-8-6-15(7-9-22)17(20)23/h3-5,10,12-13,15H,6-9,11,19H2,1-2H3,(H2,20,23)(H,21,24). The summed E-state index contributed by atoms with van der Waals surface area (Å²) in [6.45, 7) is 6.19. The van der Waals surface area contributed by atoms with Crippen molar-refractivity contribution >= 4 is 17.5 Å². The zero-order chi connectivity index (χ0) is 17.7. The fourth-order valence-corrected chi connectivity index (χ4v) is 2.88. The topological polar surface area (TPSA) is 101 Å². The minimum absolute atomic E-state index is 0.00612. The molecule has 1 aromatic carbocycles. The van der Waals surface area contributed by atoms with Gasteiger partial charge < -0.3 is 16.8 Å². The Kier molecular flexibility index (Phi) is 6.34. The van der Waals surface area contributed by atoms with E-state index in [-0.39, 0.29) is 29.7 Å². The van der Waals surface area contributed by atoms with Crippen LogP contribution in [-0.2, 0) is 16.1 Å². The van der Waals surface area contributed by atoms with Gasteiger partial charge in [-0.05, 0) is 50.6 Å². The Bertz CT molecular complexity index is 580. The molecule has 2 rings (SSSR count). The highest BCUT2D eigenvalue weighted by Gasteiger charge is 2.23. The van der Waals surface area contributed by atoms with E-state index in [2.05, 4.69) is 10.2 Å². The zero-order valence-corrected chi connectivity index (χ0v) is 14.5. The molecule has 1 heterocycles. The third-order valence-electron chi connectivity index (χ3n) is 4.79. The van der Waals surface area contributed by atoms with Gasteiger partial charge in [-0.2, -0.15) is 0 Å². The summed E-state index contributed by atoms with van der Waals surface area (Å²) >= 11 is 0. The molecular weight excluding hydrogens is 304 g/mol. The van der Waals surface area contributed by atoms with Crippen LogP contribution in [0.4, 0.5) is 5.69 Å². The number of rotatable bonds is 6. The van der Waals surface area contributed by atoms with Crippen LogP contribution in [0.2, 0.25) is 0 Å². The third kappa shape index (κ3) is 5.04. The van der Waals surface area contributed by atoms with Crippen LogP contribution < -0.4 is 16.8 Å². The molecular formula is C18H28N4O2. The molecule has 6 nitrogen and oxygen atoms in total. The van der Waals surface area contributed by atoms with E-state index in [0.717, 1.165) is 43.7 Å². The molecule has 0 radical (unpaired) electrons. The molecule has 5 N–H and O–H groups in total. The number of nitrogens with one attached hydrogen (secondary N) is 1. The summed E-state index contributed by atoms with van der Waals surface area (Å²) in [5.74, 6) is -0.486. The number of anilines is 1. The Labute approximate surface area is 143 Å². The Morgan fingerprint density at radius 2 is 1.96 bits per heavy atom. The van der Waals surface area contributed by atoms with Crippen LogP contribution in [0, 0.1) is 11.8 Å². The van der Waals surface area contributed by atoms with Gasteiger partial charge in [0.25, 0.3) is 0 Å². The Hall–Kier alpha value is -1.92. The smallest absolute Gasteiger partial charge is 0.228 e. The fraction of sp³-hybridized carbons (Fsp3) is 0.556. The van der Waals surface area contributed by atoms with E-state index in [1.54, 1.807) is 0 Å². The molecule has 0 spiro atoms. The van der Waals surface area contributed by atoms with Crippen LogP contribution in [-0.4, -0.2) is 35.8 Å². The van der Waals surface area contributed by atoms with Gasteiger partial charge in [-0.3, -0.25) is 14.5 Å². The van der Waals surface area contributed by atoms with Gasteiger partial charge in [-0.25, -0.2) is 0 Å². The third-order valence-corrected chi connectivity index (χ3v) is 4.79. The normalized spacial score (nSPS) is 18.8. The van der Waals surface area contributed by atoms with E-state index in [0.29, 0.717) is 0 Å². The summed E-state index contributed by atoms with van der Waals surface area (Å²) in [5.41, 5.74) is 13.1. The SMILES string of the molecule is CC(N)C(C)C(=O)Nc1cccc(CN2CCC(C(N)=O)CC2)c1. The maximum atomic E-state index is 12.1. The number of benzene rings is 1. The number of nitrogens with two attached hydrogens (primary N) is 2. The summed E-state index contributed by atoms with van der Waals surface area (Å²) in [6.07, 6.45) is 1.63. The summed E-state index contributed by atoms with van der Waals surface area (Å²) in [6, 6.07) is 7.68. The van der Waals surface area contributed by atoms with Crippen LogP contribution in [0.25, 0.3) is 0 Å². The minimum Gasteiger partial charge on any atom is -0.369 e. The predicted octanol–water partition coefficient (Wildman–Crippen LogP) is 1.31. The van der Waals surface area contributed by atoms with Gasteiger partial charge in [0.15, 0.2) is 0 Å². The Morgan fingerprint density at radius 3 is 2.54 bits per heavy atom. The van der Waals surface area contributed by atoms with Gasteiger partial charge in [0.2, 0.25) is 11.8 Å². The number of hydrogen-bond acceptors (Lipinski definition) is 4. The van der Waals surface area contributed by atoms with E-state index in [9.17, 15) is 9.59 Å². The van der Waals surface area contributed by atoms with Crippen LogP contribution in [0.15, 0.2) is 24.3 Å². The Balaban J connectivity index is 1.91. The molecule has 132 valence electrons. The van der Waals surface area contributed by atoms with E-state index < -0.39 is 0 Å². The molecule has 0 saturated carbocycles. The maximum Gasteiger partial charge on any atom is 0.228 e. The van der Waals surface area contributed by atoms with Gasteiger partial charge in [-0.15, -0.1) is 0 Å². The zero-order valence-electron chi connectivity index (χ0n) is 14.5. The van der Waals surface area contributed by atoms with Gasteiger partial charge >= 0.3 is 0 Å². The average molecular weight is 332 g/mol. The minimum atomic E-state index is -0.235. The van der Waals surface area contributed by atoms with Gasteiger partial charge in [0.05, 0.1) is 5.92 Å². The second-order valence-electron chi connectivity index (χ2n) is 6.79. The number of nitrogens with zero attached hydrogens (tertiary/aromatic N) is 1. The summed E-state index contributed by atoms with van der Waals surface area (Å²) in [7, 11) is 0. The van der Waals surface area contributed by atoms with Gasteiger partial charge in [0.1, 0.15) is 0 Å². The molecule has 1 fully saturated rings. The quantitative estimate of drug-likeness (QED) is 0.731. The van der Waals surface area contributed by atoms with E-state index >= 15 is 0 Å². The van der Waals surface area contributed by atoms with Crippen molar-refractivity contribution in [2.24, 2.45) is 23.3 Å². The number of amides is 2. The molecule has 0 bridgehead atoms. The lowest BCUT2D eigenvalue weighted by atomic mass is 9.96. The van der Waals surface area contributed by atoms with Crippen LogP contribution in [0.3, 0.4) is 0 Å². The van der Waals surface area contributed by atoms with Crippen molar-refractivity contribution in [2.45, 2.75) is 39.3 Å². The molecule has 6 heteroatoms. The second kappa shape index (κ2) is 8.26. The second-order valence-corrected chi connectivity index (χ2v) is 6.79. The van der Waals surface area contributed by atoms with Gasteiger partial charge in [-0.1, -0.05) is 19.1 Å². The van der Waals surface area contributed by atoms with Crippen molar-refractivity contribution in [3.8, 4) is 0 Å². The molecule has 1 aromatic rings. The van der Waals surface area contributed by atoms with Crippen molar-refractivity contribution in [2.75, 3.05) is 18.4 Å². The highest BCUT2D eigenvalue weighted by molar-refractivity contribution is 5.92. The number of likely N-dealkylation sites (tertiary alicyclic amines) is 1. The van der Waals surface area contributed by atoms with E-state index in [4.69, 9.17) is 11.5 Å². The first-order chi connectivity index (χ1) is 11.4. The van der Waals surface area contributed by atoms with Crippen molar-refractivity contribution < 1.29 is 9.59 Å². The van der Waals surface area contributed by atoms with E-state index in [1.807, 2.05) is 38.1 Å². The first-order valence-corrected chi connectivity index (χ1v) is 8.54. The average Bonchev–Trinajstić information content (AvgIpc) is 2.54. The molecule has 24 heavy (non-hydrogen) atoms. The molecule has 1 aliphatic rings. The number of primary amides is 1. The molecule has 0 aliphatic carbocycles. The predicted molar refractivity (Wildman–Crippen MR) is 95.1 cm³/mol. The fourth-order valence-electron chi connectivity index (χ4n) is 2.88. The molecule has 0 aromatic heterocycles. The van der Waals surface area contributed by atoms with Crippen molar-refractivity contribution in [1.82, 2.24) is 4.90 Å². The number of carbonyl (C=O) groups is 2. The highest BCUT2D eigenvalue weighted by Crippen LogP contribution is 2.20. The summed E-state index contributed by atoms with van der Waals surface area (Å²) < 4.78 is 0. The lowest BCUT2D eigenvalue weighted by Gasteiger charge is -2.30. The molecule has 1 saturated heterocycles. The molecule has 2 amide bonds. The molecule has 2 unspecified atom stereocenters. The monoisotopic (exact) mass is 332 g/mol. The number of piperidine rings is 1. The summed E-state index contributed by atoms with van der Waals surface area (Å²) in [4.78, 5) is 25.6. The summed E-state index contributed by atoms with van der Waals surface area (Å²) in [5, 5.41) is 2.92. The number of hydrogen-bond donors (Lipinski definition) is 3. The van der Waals surface area contributed by atoms with Crippen molar-refractivity contribution in [3.63, 3.8) is 0 Å². The lowest BCUT2D eigenvalue weighted by Crippen LogP contribution is -2.38. The first-order valence-electron chi connectivity index (χ1n) is 8.54. The van der Waals surface area contributed by atoms with Gasteiger partial charge in [0, 0.05) is 24.2 Å². The Morgan fingerprint density at radius 1 is 1.29 bits per heavy atom. The van der Waals surface area contributed by atoms with Crippen LogP contribution in [0.1, 0.15) is 32.3 Å². The number of carbonyl (C=O) groups excluding carboxylic acids is 2. The largest absolute Gasteiger partial charge is 0.369 e. The highest BCUT2D eigenvalue weighted by atomic mass is 16.2. The molecule has 1 aliphatic heterocycles. The first kappa shape index (κ1) is 18.4.